The second-order valence-corrected chi connectivity index (χ2v) is 4.25. The maximum absolute atomic E-state index is 13.3. The van der Waals surface area contributed by atoms with Crippen molar-refractivity contribution in [2.24, 2.45) is 5.92 Å². The van der Waals surface area contributed by atoms with Crippen molar-refractivity contribution in [1.29, 1.82) is 0 Å². The van der Waals surface area contributed by atoms with E-state index in [1.165, 1.54) is 37.3 Å². The van der Waals surface area contributed by atoms with E-state index in [9.17, 15) is 14.0 Å². The summed E-state index contributed by atoms with van der Waals surface area (Å²) in [5, 5.41) is 0. The third-order valence-corrected chi connectivity index (χ3v) is 3.11. The number of anilines is 1. The highest BCUT2D eigenvalue weighted by molar-refractivity contribution is 5.99. The molecule has 102 valence electrons. The van der Waals surface area contributed by atoms with Crippen LogP contribution in [0.3, 0.4) is 0 Å². The Labute approximate surface area is 109 Å². The number of esters is 1. The molecule has 0 spiro atoms. The molecule has 0 aliphatic carbocycles. The first-order valence-electron chi connectivity index (χ1n) is 5.78. The number of carbonyl (C=O) groups excluding carboxylic acids is 2. The Kier molecular flexibility index (Phi) is 3.69. The Hall–Kier alpha value is -2.11. The van der Waals surface area contributed by atoms with E-state index < -0.39 is 17.7 Å². The minimum Gasteiger partial charge on any atom is -0.494 e. The average Bonchev–Trinajstić information content (AvgIpc) is 2.80. The molecule has 1 amide bonds. The smallest absolute Gasteiger partial charge is 0.311 e. The van der Waals surface area contributed by atoms with Crippen molar-refractivity contribution in [2.75, 3.05) is 25.7 Å². The maximum Gasteiger partial charge on any atom is 0.311 e. The lowest BCUT2D eigenvalue weighted by Crippen LogP contribution is -2.26. The highest BCUT2D eigenvalue weighted by Gasteiger charge is 2.36. The number of halogens is 1. The molecule has 1 heterocycles. The molecule has 0 saturated carbocycles. The Bertz CT molecular complexity index is 517. The van der Waals surface area contributed by atoms with Crippen molar-refractivity contribution in [3.05, 3.63) is 24.0 Å². The zero-order valence-electron chi connectivity index (χ0n) is 10.7. The number of rotatable bonds is 3. The highest BCUT2D eigenvalue weighted by Crippen LogP contribution is 2.29. The van der Waals surface area contributed by atoms with Crippen molar-refractivity contribution < 1.29 is 23.5 Å². The van der Waals surface area contributed by atoms with E-state index in [-0.39, 0.29) is 24.6 Å². The fraction of sp³-hybridized carbons (Fsp3) is 0.385. The lowest BCUT2D eigenvalue weighted by molar-refractivity contribution is -0.145. The minimum absolute atomic E-state index is 0.0619. The van der Waals surface area contributed by atoms with Crippen molar-refractivity contribution in [3.63, 3.8) is 0 Å². The summed E-state index contributed by atoms with van der Waals surface area (Å²) in [5.74, 6) is -1.52. The fourth-order valence-electron chi connectivity index (χ4n) is 2.10. The molecule has 19 heavy (non-hydrogen) atoms. The van der Waals surface area contributed by atoms with Crippen LogP contribution < -0.4 is 9.64 Å². The zero-order chi connectivity index (χ0) is 14.0. The molecule has 1 aromatic rings. The molecular formula is C13H14FNO4. The molecule has 2 rings (SSSR count). The average molecular weight is 267 g/mol. The molecule has 1 aromatic carbocycles. The molecule has 1 saturated heterocycles. The van der Waals surface area contributed by atoms with Crippen molar-refractivity contribution in [2.45, 2.75) is 6.42 Å². The first kappa shape index (κ1) is 13.3. The highest BCUT2D eigenvalue weighted by atomic mass is 19.1. The fourth-order valence-corrected chi connectivity index (χ4v) is 2.10. The predicted molar refractivity (Wildman–Crippen MR) is 65.4 cm³/mol. The van der Waals surface area contributed by atoms with Crippen LogP contribution in [0.15, 0.2) is 18.2 Å². The van der Waals surface area contributed by atoms with E-state index in [4.69, 9.17) is 4.74 Å². The lowest BCUT2D eigenvalue weighted by atomic mass is 10.1. The van der Waals surface area contributed by atoms with Crippen LogP contribution in [0.5, 0.6) is 5.75 Å². The van der Waals surface area contributed by atoms with Gasteiger partial charge in [-0.3, -0.25) is 9.59 Å². The number of hydrogen-bond donors (Lipinski definition) is 0. The summed E-state index contributed by atoms with van der Waals surface area (Å²) in [6.45, 7) is 0.236. The van der Waals surface area contributed by atoms with Gasteiger partial charge in [-0.05, 0) is 12.1 Å². The number of benzene rings is 1. The van der Waals surface area contributed by atoms with Crippen molar-refractivity contribution in [1.82, 2.24) is 0 Å². The molecule has 1 aliphatic heterocycles. The van der Waals surface area contributed by atoms with Gasteiger partial charge in [-0.15, -0.1) is 0 Å². The second-order valence-electron chi connectivity index (χ2n) is 4.25. The van der Waals surface area contributed by atoms with Gasteiger partial charge in [0.25, 0.3) is 0 Å². The third-order valence-electron chi connectivity index (χ3n) is 3.11. The second kappa shape index (κ2) is 5.26. The largest absolute Gasteiger partial charge is 0.494 e. The van der Waals surface area contributed by atoms with Crippen LogP contribution >= 0.6 is 0 Å². The van der Waals surface area contributed by atoms with E-state index in [1.54, 1.807) is 0 Å². The number of hydrogen-bond acceptors (Lipinski definition) is 4. The van der Waals surface area contributed by atoms with Crippen molar-refractivity contribution >= 4 is 17.6 Å². The summed E-state index contributed by atoms with van der Waals surface area (Å²) in [5.41, 5.74) is 0.509. The van der Waals surface area contributed by atoms with Crippen molar-refractivity contribution in [3.8, 4) is 5.75 Å². The van der Waals surface area contributed by atoms with Gasteiger partial charge >= 0.3 is 5.97 Å². The van der Waals surface area contributed by atoms with Gasteiger partial charge in [0.05, 0.1) is 20.1 Å². The molecule has 0 N–H and O–H groups in total. The SMILES string of the molecule is COC(=O)C1CC(=O)N(c2ccc(F)c(OC)c2)C1. The van der Waals surface area contributed by atoms with E-state index in [0.29, 0.717) is 5.69 Å². The van der Waals surface area contributed by atoms with E-state index in [2.05, 4.69) is 4.74 Å². The molecule has 1 unspecified atom stereocenters. The van der Waals surface area contributed by atoms with Crippen LogP contribution in [0.25, 0.3) is 0 Å². The Morgan fingerprint density at radius 3 is 2.79 bits per heavy atom. The van der Waals surface area contributed by atoms with E-state index in [0.717, 1.165) is 0 Å². The molecule has 5 nitrogen and oxygen atoms in total. The summed E-state index contributed by atoms with van der Waals surface area (Å²) >= 11 is 0. The van der Waals surface area contributed by atoms with Crippen LogP contribution in [0.4, 0.5) is 10.1 Å². The maximum atomic E-state index is 13.3. The lowest BCUT2D eigenvalue weighted by Gasteiger charge is -2.17. The van der Waals surface area contributed by atoms with Gasteiger partial charge in [0.1, 0.15) is 0 Å². The van der Waals surface area contributed by atoms with Gasteiger partial charge in [-0.1, -0.05) is 0 Å². The van der Waals surface area contributed by atoms with Gasteiger partial charge in [0.15, 0.2) is 11.6 Å². The summed E-state index contributed by atoms with van der Waals surface area (Å²) in [6, 6.07) is 4.15. The number of ether oxygens (including phenoxy) is 2. The van der Waals surface area contributed by atoms with Gasteiger partial charge in [-0.2, -0.15) is 0 Å². The number of amides is 1. The topological polar surface area (TPSA) is 55.8 Å². The van der Waals surface area contributed by atoms with Crippen LogP contribution in [0.1, 0.15) is 6.42 Å². The Balaban J connectivity index is 2.23. The van der Waals surface area contributed by atoms with Gasteiger partial charge in [-0.25, -0.2) is 4.39 Å². The predicted octanol–water partition coefficient (Wildman–Crippen LogP) is 1.36. The van der Waals surface area contributed by atoms with E-state index in [1.807, 2.05) is 0 Å². The number of nitrogens with zero attached hydrogens (tertiary/aromatic N) is 1. The number of carbonyl (C=O) groups is 2. The Morgan fingerprint density at radius 2 is 2.16 bits per heavy atom. The molecule has 1 aliphatic rings. The van der Waals surface area contributed by atoms with Gasteiger partial charge in [0, 0.05) is 24.7 Å². The molecule has 0 aromatic heterocycles. The minimum atomic E-state index is -0.498. The molecule has 6 heteroatoms. The molecule has 1 fully saturated rings. The molecule has 1 atom stereocenters. The van der Waals surface area contributed by atoms with Gasteiger partial charge < -0.3 is 14.4 Å². The zero-order valence-corrected chi connectivity index (χ0v) is 10.7. The monoisotopic (exact) mass is 267 g/mol. The first-order chi connectivity index (χ1) is 9.06. The third kappa shape index (κ3) is 2.52. The first-order valence-corrected chi connectivity index (χ1v) is 5.78. The summed E-state index contributed by atoms with van der Waals surface area (Å²) in [6.07, 6.45) is 0.104. The molecule has 0 radical (unpaired) electrons. The summed E-state index contributed by atoms with van der Waals surface area (Å²) in [4.78, 5) is 24.7. The molecular weight excluding hydrogens is 253 g/mol. The Morgan fingerprint density at radius 1 is 1.42 bits per heavy atom. The quantitative estimate of drug-likeness (QED) is 0.776. The van der Waals surface area contributed by atoms with E-state index >= 15 is 0 Å². The standard InChI is InChI=1S/C13H14FNO4/c1-18-11-6-9(3-4-10(11)14)15-7-8(5-12(15)16)13(17)19-2/h3-4,6,8H,5,7H2,1-2H3. The summed E-state index contributed by atoms with van der Waals surface area (Å²) < 4.78 is 22.8. The normalized spacial score (nSPS) is 18.6. The van der Waals surface area contributed by atoms with Crippen LogP contribution in [0, 0.1) is 11.7 Å². The van der Waals surface area contributed by atoms with Crippen LogP contribution in [-0.4, -0.2) is 32.6 Å². The number of methoxy groups -OCH3 is 2. The van der Waals surface area contributed by atoms with Gasteiger partial charge in [0.2, 0.25) is 5.91 Å². The van der Waals surface area contributed by atoms with Crippen LogP contribution in [-0.2, 0) is 14.3 Å². The van der Waals surface area contributed by atoms with Crippen LogP contribution in [0.2, 0.25) is 0 Å². The molecule has 0 bridgehead atoms. The summed E-state index contributed by atoms with van der Waals surface area (Å²) in [7, 11) is 2.64.